The molecule has 3 rings (SSSR count). The number of hydrogen-bond acceptors (Lipinski definition) is 6. The van der Waals surface area contributed by atoms with Crippen molar-refractivity contribution < 1.29 is 10.6 Å². The summed E-state index contributed by atoms with van der Waals surface area (Å²) in [6, 6.07) is 1.56. The van der Waals surface area contributed by atoms with E-state index in [-0.39, 0.29) is 12.3 Å². The Hall–Kier alpha value is -2.11. The molecule has 0 aliphatic carbocycles. The lowest BCUT2D eigenvalue weighted by molar-refractivity contribution is 0.290. The van der Waals surface area contributed by atoms with Gasteiger partial charge in [-0.05, 0) is 10.4 Å². The van der Waals surface area contributed by atoms with Crippen molar-refractivity contribution in [1.29, 1.82) is 0 Å². The van der Waals surface area contributed by atoms with Gasteiger partial charge in [-0.1, -0.05) is 0 Å². The Kier molecular flexibility index (Phi) is 2.99. The van der Waals surface area contributed by atoms with Gasteiger partial charge in [0.15, 0.2) is 5.18 Å². The molecule has 0 aromatic carbocycles. The summed E-state index contributed by atoms with van der Waals surface area (Å²) < 4.78 is 20.9. The summed E-state index contributed by atoms with van der Waals surface area (Å²) in [4.78, 5) is 11.9. The molecule has 104 valence electrons. The molecule has 20 heavy (non-hydrogen) atoms. The first kappa shape index (κ1) is 11.7. The quantitative estimate of drug-likeness (QED) is 0.650. The number of H-pyrrole nitrogens is 1. The number of furan rings is 1. The number of aromatic nitrogens is 6. The Morgan fingerprint density at radius 1 is 1.60 bits per heavy atom. The smallest absolute Gasteiger partial charge is 0.368 e. The largest absolute Gasteiger partial charge is 0.471 e. The Balaban J connectivity index is 1.90. The summed E-state index contributed by atoms with van der Waals surface area (Å²) in [5, 5.41) is 12.1. The summed E-state index contributed by atoms with van der Waals surface area (Å²) in [7, 11) is 1.51. The van der Waals surface area contributed by atoms with Crippen molar-refractivity contribution in [2.24, 2.45) is 7.05 Å². The van der Waals surface area contributed by atoms with Gasteiger partial charge in [0.05, 0.1) is 5.56 Å². The van der Waals surface area contributed by atoms with Crippen LogP contribution in [0, 0.1) is 3.77 Å². The van der Waals surface area contributed by atoms with Gasteiger partial charge in [-0.2, -0.15) is 9.36 Å². The fourth-order valence-electron chi connectivity index (χ4n) is 1.57. The summed E-state index contributed by atoms with van der Waals surface area (Å²) >= 11 is 1.99. The maximum Gasteiger partial charge on any atom is 0.368 e. The zero-order valence-electron chi connectivity index (χ0n) is 11.2. The zero-order chi connectivity index (χ0) is 15.0. The van der Waals surface area contributed by atoms with Gasteiger partial charge in [-0.3, -0.25) is 5.09 Å². The van der Waals surface area contributed by atoms with Crippen molar-refractivity contribution >= 4 is 22.6 Å². The van der Waals surface area contributed by atoms with E-state index < -0.39 is 0 Å². The van der Waals surface area contributed by atoms with Crippen LogP contribution >= 0.6 is 22.6 Å². The molecule has 0 fully saturated rings. The van der Waals surface area contributed by atoms with Crippen LogP contribution in [0.3, 0.4) is 0 Å². The number of hydrogen-bond donors (Lipinski definition) is 1. The average Bonchev–Trinajstić information content (AvgIpc) is 3.11. The van der Waals surface area contributed by atoms with Crippen LogP contribution in [-0.4, -0.2) is 30.0 Å². The van der Waals surface area contributed by atoms with Crippen LogP contribution in [0.4, 0.5) is 0 Å². The third-order valence-corrected chi connectivity index (χ3v) is 3.48. The first-order valence-electron chi connectivity index (χ1n) is 5.94. The maximum atomic E-state index is 11.9. The van der Waals surface area contributed by atoms with E-state index in [1.54, 1.807) is 6.07 Å². The normalized spacial score (nSPS) is 11.6. The maximum absolute atomic E-state index is 11.9. The van der Waals surface area contributed by atoms with Crippen LogP contribution in [-0.2, 0) is 13.7 Å². The molecule has 0 atom stereocenters. The van der Waals surface area contributed by atoms with Gasteiger partial charge in [0, 0.05) is 41.9 Å². The van der Waals surface area contributed by atoms with Gasteiger partial charge < -0.3 is 9.15 Å². The van der Waals surface area contributed by atoms with Crippen LogP contribution in [0.15, 0.2) is 27.7 Å². The molecule has 0 radical (unpaired) electrons. The Morgan fingerprint density at radius 2 is 2.45 bits per heavy atom. The molecule has 0 unspecified atom stereocenters. The summed E-state index contributed by atoms with van der Waals surface area (Å²) in [6.45, 7) is 0.129. The second kappa shape index (κ2) is 5.11. The molecule has 0 saturated carbocycles. The van der Waals surface area contributed by atoms with E-state index in [2.05, 4.69) is 15.5 Å². The van der Waals surface area contributed by atoms with Gasteiger partial charge in [0.1, 0.15) is 18.6 Å². The van der Waals surface area contributed by atoms with Crippen molar-refractivity contribution in [3.63, 3.8) is 0 Å². The van der Waals surface area contributed by atoms with Crippen LogP contribution in [0.2, 0.25) is 1.41 Å². The van der Waals surface area contributed by atoms with E-state index in [9.17, 15) is 4.79 Å². The minimum Gasteiger partial charge on any atom is -0.471 e. The van der Waals surface area contributed by atoms with Gasteiger partial charge in [-0.15, -0.1) is 5.10 Å². The summed E-state index contributed by atoms with van der Waals surface area (Å²) in [5.74, 6) is 0.305. The Labute approximate surface area is 127 Å². The molecule has 3 aromatic rings. The molecule has 0 bridgehead atoms. The van der Waals surface area contributed by atoms with Crippen LogP contribution in [0.25, 0.3) is 5.69 Å². The number of ether oxygens (including phenoxy) is 1. The molecule has 0 amide bonds. The molecule has 1 N–H and O–H groups in total. The number of nitrogens with one attached hydrogen (secondary N) is 1. The molecular weight excluding hydrogens is 379 g/mol. The third kappa shape index (κ3) is 2.21. The zero-order valence-corrected chi connectivity index (χ0v) is 12.4. The van der Waals surface area contributed by atoms with Crippen molar-refractivity contribution in [2.75, 3.05) is 0 Å². The van der Waals surface area contributed by atoms with Crippen molar-refractivity contribution in [2.45, 2.75) is 6.61 Å². The third-order valence-electron chi connectivity index (χ3n) is 2.57. The van der Waals surface area contributed by atoms with Crippen LogP contribution < -0.4 is 10.4 Å². The number of tetrazole rings is 1. The van der Waals surface area contributed by atoms with E-state index in [0.29, 0.717) is 20.9 Å². The van der Waals surface area contributed by atoms with Gasteiger partial charge in [0.2, 0.25) is 5.88 Å². The molecule has 9 nitrogen and oxygen atoms in total. The molecule has 3 heterocycles. The van der Waals surface area contributed by atoms with Crippen molar-refractivity contribution in [3.8, 4) is 11.6 Å². The molecule has 0 aliphatic rings. The molecule has 0 spiro atoms. The Morgan fingerprint density at radius 3 is 3.10 bits per heavy atom. The molecular formula is C10H9IN6O3. The molecule has 3 aromatic heterocycles. The highest BCUT2D eigenvalue weighted by Gasteiger charge is 2.18. The van der Waals surface area contributed by atoms with Crippen LogP contribution in [0.5, 0.6) is 5.88 Å². The SMILES string of the molecule is [3H]n1ccc(OCc2c(-n3nnn(C)c3=O)coc2I)n1. The monoisotopic (exact) mass is 390 g/mol. The van der Waals surface area contributed by atoms with Gasteiger partial charge in [-0.25, -0.2) is 4.79 Å². The fraction of sp³-hybridized carbons (Fsp3) is 0.200. The van der Waals surface area contributed by atoms with Gasteiger partial charge in [0.25, 0.3) is 0 Å². The predicted molar refractivity (Wildman–Crippen MR) is 74.5 cm³/mol. The van der Waals surface area contributed by atoms with Gasteiger partial charge >= 0.3 is 5.69 Å². The number of aromatic amines is 1. The minimum atomic E-state index is -0.385. The average molecular weight is 390 g/mol. The first-order valence-corrected chi connectivity index (χ1v) is 6.57. The van der Waals surface area contributed by atoms with Crippen molar-refractivity contribution in [1.82, 2.24) is 30.0 Å². The van der Waals surface area contributed by atoms with E-state index in [1.807, 2.05) is 22.6 Å². The minimum absolute atomic E-state index is 0.129. The second-order valence-electron chi connectivity index (χ2n) is 3.83. The molecule has 0 aliphatic heterocycles. The van der Waals surface area contributed by atoms with E-state index in [4.69, 9.17) is 10.6 Å². The number of nitrogens with zero attached hydrogens (tertiary/aromatic N) is 5. The summed E-state index contributed by atoms with van der Waals surface area (Å²) in [6.07, 6.45) is 2.86. The Bertz CT molecular complexity index is 834. The van der Waals surface area contributed by atoms with E-state index in [1.165, 1.54) is 19.5 Å². The predicted octanol–water partition coefficient (Wildman–Crippen LogP) is 0.466. The summed E-state index contributed by atoms with van der Waals surface area (Å²) in [5.41, 5.74) is 0.726. The first-order chi connectivity index (χ1) is 10.1. The lowest BCUT2D eigenvalue weighted by Crippen LogP contribution is -2.22. The highest BCUT2D eigenvalue weighted by atomic mass is 127. The lowest BCUT2D eigenvalue weighted by Gasteiger charge is -2.03. The highest BCUT2D eigenvalue weighted by Crippen LogP contribution is 2.23. The molecule has 0 saturated heterocycles. The topological polar surface area (TPSA) is 104 Å². The van der Waals surface area contributed by atoms with Crippen LogP contribution in [0.1, 0.15) is 5.56 Å². The molecule has 10 heteroatoms. The lowest BCUT2D eigenvalue weighted by atomic mass is 10.3. The van der Waals surface area contributed by atoms with E-state index in [0.717, 1.165) is 14.5 Å². The number of halogens is 1. The van der Waals surface area contributed by atoms with E-state index >= 15 is 0 Å². The second-order valence-corrected chi connectivity index (χ2v) is 4.81. The fourth-order valence-corrected chi connectivity index (χ4v) is 2.13. The number of rotatable bonds is 4. The number of aryl methyl sites for hydroxylation is 1. The van der Waals surface area contributed by atoms with Crippen molar-refractivity contribution in [3.05, 3.63) is 38.3 Å². The highest BCUT2D eigenvalue weighted by molar-refractivity contribution is 14.1. The standard InChI is InChI=1S/C10H9IN6O3/c1-16-10(18)17(15-14-16)7-5-20-9(11)6(7)4-19-8-2-3-12-13-8/h2-3,5H,4H2,1H3,(H,12,13)/i/hT.